The zero-order chi connectivity index (χ0) is 36.6. The largest absolute Gasteiger partial charge is 0.455 e. The highest BCUT2D eigenvalue weighted by atomic mass is 16.3. The molecule has 4 nitrogen and oxygen atoms in total. The number of pyridine rings is 1. The zero-order valence-corrected chi connectivity index (χ0v) is 29.8. The van der Waals surface area contributed by atoms with E-state index in [1.54, 1.807) is 0 Å². The summed E-state index contributed by atoms with van der Waals surface area (Å²) < 4.78 is 6.98. The van der Waals surface area contributed by atoms with Gasteiger partial charge in [-0.3, -0.25) is 0 Å². The Kier molecular flexibility index (Phi) is 8.12. The normalized spacial score (nSPS) is 11.3. The van der Waals surface area contributed by atoms with Crippen LogP contribution >= 0.6 is 0 Å². The van der Waals surface area contributed by atoms with E-state index in [-0.39, 0.29) is 0 Å². The van der Waals surface area contributed by atoms with Gasteiger partial charge in [-0.05, 0) is 47.0 Å². The van der Waals surface area contributed by atoms with Crippen LogP contribution in [-0.4, -0.2) is 15.0 Å². The number of nitrogens with zero attached hydrogens (tertiary/aromatic N) is 3. The number of furan rings is 1. The lowest BCUT2D eigenvalue weighted by atomic mass is 9.92. The average Bonchev–Trinajstić information content (AvgIpc) is 3.69. The van der Waals surface area contributed by atoms with Crippen LogP contribution in [0.15, 0.2) is 205 Å². The molecule has 0 atom stereocenters. The van der Waals surface area contributed by atoms with Crippen LogP contribution < -0.4 is 0 Å². The molecular weight excluding hydrogens is 671 g/mol. The Morgan fingerprint density at radius 2 is 0.836 bits per heavy atom. The van der Waals surface area contributed by atoms with Crippen molar-refractivity contribution >= 4 is 21.9 Å². The first-order valence-corrected chi connectivity index (χ1v) is 18.4. The smallest absolute Gasteiger partial charge is 0.160 e. The van der Waals surface area contributed by atoms with Crippen LogP contribution in [0.25, 0.3) is 101 Å². The minimum Gasteiger partial charge on any atom is -0.455 e. The summed E-state index contributed by atoms with van der Waals surface area (Å²) in [6, 6.07) is 68.9. The van der Waals surface area contributed by atoms with Crippen molar-refractivity contribution in [3.05, 3.63) is 200 Å². The minimum absolute atomic E-state index is 0.694. The summed E-state index contributed by atoms with van der Waals surface area (Å²) in [5, 5.41) is 1.98. The Bertz CT molecular complexity index is 2900. The molecule has 10 rings (SSSR count). The number of aromatic nitrogens is 3. The second kappa shape index (κ2) is 13.8. The molecule has 0 aliphatic rings. The van der Waals surface area contributed by atoms with Crippen molar-refractivity contribution in [2.24, 2.45) is 0 Å². The van der Waals surface area contributed by atoms with Gasteiger partial charge in [-0.2, -0.15) is 0 Å². The first-order valence-electron chi connectivity index (χ1n) is 18.4. The van der Waals surface area contributed by atoms with Gasteiger partial charge in [0, 0.05) is 38.8 Å². The summed E-state index contributed by atoms with van der Waals surface area (Å²) in [5.41, 5.74) is 13.7. The number of fused-ring (bicyclic) bond motifs is 3. The first kappa shape index (κ1) is 32.2. The number of benzene rings is 7. The lowest BCUT2D eigenvalue weighted by Gasteiger charge is -2.12. The van der Waals surface area contributed by atoms with E-state index in [0.717, 1.165) is 94.8 Å². The Morgan fingerprint density at radius 1 is 0.345 bits per heavy atom. The molecule has 0 saturated heterocycles. The summed E-state index contributed by atoms with van der Waals surface area (Å²) in [7, 11) is 0. The molecule has 7 aromatic carbocycles. The lowest BCUT2D eigenvalue weighted by Crippen LogP contribution is -1.96. The van der Waals surface area contributed by atoms with Gasteiger partial charge in [0.25, 0.3) is 0 Å². The van der Waals surface area contributed by atoms with Crippen LogP contribution in [-0.2, 0) is 0 Å². The molecule has 0 saturated carbocycles. The lowest BCUT2D eigenvalue weighted by molar-refractivity contribution is 0.636. The average molecular weight is 704 g/mol. The first-order chi connectivity index (χ1) is 27.3. The Labute approximate surface area is 319 Å². The van der Waals surface area contributed by atoms with Crippen LogP contribution in [0.5, 0.6) is 0 Å². The second-order valence-corrected chi connectivity index (χ2v) is 13.6. The van der Waals surface area contributed by atoms with Gasteiger partial charge >= 0.3 is 0 Å². The van der Waals surface area contributed by atoms with Crippen molar-refractivity contribution in [1.29, 1.82) is 0 Å². The summed E-state index contributed by atoms with van der Waals surface area (Å²) in [6.45, 7) is 0. The third-order valence-electron chi connectivity index (χ3n) is 10.1. The maximum absolute atomic E-state index is 6.98. The SMILES string of the molecule is c1ccc(-c2cc(-c3cccc(-c4cccc(-c5c(-c6ccccc6)oc6c5c(-c5ccccc5)nc5ccccc56)c4)c3)nc(-c3ccccc3)n2)cc1. The van der Waals surface area contributed by atoms with E-state index in [4.69, 9.17) is 19.4 Å². The Hall–Kier alpha value is -7.43. The fraction of sp³-hybridized carbons (Fsp3) is 0. The van der Waals surface area contributed by atoms with Crippen LogP contribution in [0.1, 0.15) is 0 Å². The van der Waals surface area contributed by atoms with Crippen molar-refractivity contribution in [2.45, 2.75) is 0 Å². The van der Waals surface area contributed by atoms with Gasteiger partial charge in [0.2, 0.25) is 0 Å². The van der Waals surface area contributed by atoms with Gasteiger partial charge in [0.05, 0.1) is 28.0 Å². The van der Waals surface area contributed by atoms with Crippen LogP contribution in [0.2, 0.25) is 0 Å². The highest BCUT2D eigenvalue weighted by molar-refractivity contribution is 6.17. The molecule has 4 heteroatoms. The highest BCUT2D eigenvalue weighted by Crippen LogP contribution is 2.47. The topological polar surface area (TPSA) is 51.8 Å². The highest BCUT2D eigenvalue weighted by Gasteiger charge is 2.24. The van der Waals surface area contributed by atoms with E-state index >= 15 is 0 Å². The Balaban J connectivity index is 1.16. The number of hydrogen-bond donors (Lipinski definition) is 0. The fourth-order valence-electron chi connectivity index (χ4n) is 7.44. The van der Waals surface area contributed by atoms with Gasteiger partial charge in [-0.25, -0.2) is 15.0 Å². The number of para-hydroxylation sites is 1. The molecule has 0 amide bonds. The van der Waals surface area contributed by atoms with Gasteiger partial charge < -0.3 is 4.42 Å². The number of rotatable bonds is 7. The molecule has 55 heavy (non-hydrogen) atoms. The molecule has 0 bridgehead atoms. The van der Waals surface area contributed by atoms with Crippen molar-refractivity contribution in [3.8, 4) is 78.7 Å². The second-order valence-electron chi connectivity index (χ2n) is 13.6. The quantitative estimate of drug-likeness (QED) is 0.166. The maximum Gasteiger partial charge on any atom is 0.160 e. The summed E-state index contributed by atoms with van der Waals surface area (Å²) in [5.74, 6) is 1.51. The zero-order valence-electron chi connectivity index (χ0n) is 29.8. The molecule has 0 aliphatic carbocycles. The van der Waals surface area contributed by atoms with Crippen LogP contribution in [0, 0.1) is 0 Å². The fourth-order valence-corrected chi connectivity index (χ4v) is 7.44. The van der Waals surface area contributed by atoms with Gasteiger partial charge in [0.15, 0.2) is 5.82 Å². The monoisotopic (exact) mass is 703 g/mol. The molecule has 0 N–H and O–H groups in total. The maximum atomic E-state index is 6.98. The van der Waals surface area contributed by atoms with E-state index in [1.807, 2.05) is 60.7 Å². The van der Waals surface area contributed by atoms with E-state index in [0.29, 0.717) is 5.82 Å². The van der Waals surface area contributed by atoms with Gasteiger partial charge in [-0.15, -0.1) is 0 Å². The number of hydrogen-bond acceptors (Lipinski definition) is 4. The molecule has 258 valence electrons. The van der Waals surface area contributed by atoms with Gasteiger partial charge in [-0.1, -0.05) is 170 Å². The molecule has 0 radical (unpaired) electrons. The van der Waals surface area contributed by atoms with E-state index in [1.165, 1.54) is 0 Å². The van der Waals surface area contributed by atoms with Crippen molar-refractivity contribution in [1.82, 2.24) is 15.0 Å². The molecule has 0 aliphatic heterocycles. The third-order valence-corrected chi connectivity index (χ3v) is 10.1. The molecular formula is C51H33N3O. The Morgan fingerprint density at radius 3 is 1.51 bits per heavy atom. The van der Waals surface area contributed by atoms with E-state index in [2.05, 4.69) is 140 Å². The molecule has 0 fully saturated rings. The molecule has 0 spiro atoms. The summed E-state index contributed by atoms with van der Waals surface area (Å²) in [6.07, 6.45) is 0. The summed E-state index contributed by atoms with van der Waals surface area (Å²) in [4.78, 5) is 15.4. The predicted octanol–water partition coefficient (Wildman–Crippen LogP) is 13.4. The molecule has 3 heterocycles. The van der Waals surface area contributed by atoms with Crippen LogP contribution in [0.3, 0.4) is 0 Å². The summed E-state index contributed by atoms with van der Waals surface area (Å²) >= 11 is 0. The van der Waals surface area contributed by atoms with Crippen molar-refractivity contribution in [3.63, 3.8) is 0 Å². The predicted molar refractivity (Wildman–Crippen MR) is 225 cm³/mol. The molecule has 3 aromatic heterocycles. The minimum atomic E-state index is 0.694. The van der Waals surface area contributed by atoms with E-state index < -0.39 is 0 Å². The van der Waals surface area contributed by atoms with Gasteiger partial charge in [0.1, 0.15) is 11.3 Å². The molecule has 10 aromatic rings. The van der Waals surface area contributed by atoms with Crippen LogP contribution in [0.4, 0.5) is 0 Å². The standard InChI is InChI=1S/C51H33N3O/c1-5-17-34(18-6-1)44-33-45(54-51(53-44)37-23-11-4-12-24-37)40-27-15-25-38(31-40)39-26-16-28-41(32-39)46-47-48(35-19-7-2-8-20-35)52-43-30-14-13-29-42(43)50(47)55-49(46)36-21-9-3-10-22-36/h1-33H. The third kappa shape index (κ3) is 6.06. The van der Waals surface area contributed by atoms with Crippen molar-refractivity contribution < 1.29 is 4.42 Å². The van der Waals surface area contributed by atoms with E-state index in [9.17, 15) is 0 Å². The van der Waals surface area contributed by atoms with Crippen molar-refractivity contribution in [2.75, 3.05) is 0 Å². The molecule has 0 unspecified atom stereocenters.